The Bertz CT molecular complexity index is 836. The van der Waals surface area contributed by atoms with E-state index in [1.54, 1.807) is 4.31 Å². The van der Waals surface area contributed by atoms with Crippen molar-refractivity contribution in [2.75, 3.05) is 13.2 Å². The summed E-state index contributed by atoms with van der Waals surface area (Å²) < 4.78 is 60.4. The Labute approximate surface area is 162 Å². The minimum Gasteiger partial charge on any atom is -0.377 e. The van der Waals surface area contributed by atoms with Crippen LogP contribution in [0, 0.1) is 0 Å². The highest BCUT2D eigenvalue weighted by atomic mass is 32.2. The number of benzene rings is 1. The molecular weight excluding hydrogens is 388 g/mol. The summed E-state index contributed by atoms with van der Waals surface area (Å²) in [5.41, 5.74) is 0. The molecule has 152 valence electrons. The van der Waals surface area contributed by atoms with E-state index in [2.05, 4.69) is 4.72 Å². The Morgan fingerprint density at radius 2 is 1.56 bits per heavy atom. The van der Waals surface area contributed by atoms with E-state index in [0.29, 0.717) is 6.61 Å². The highest BCUT2D eigenvalue weighted by molar-refractivity contribution is 7.89. The molecule has 0 bridgehead atoms. The quantitative estimate of drug-likeness (QED) is 0.767. The molecule has 0 radical (unpaired) electrons. The third kappa shape index (κ3) is 4.54. The van der Waals surface area contributed by atoms with Crippen LogP contribution in [0.1, 0.15) is 46.0 Å². The van der Waals surface area contributed by atoms with Gasteiger partial charge >= 0.3 is 0 Å². The fourth-order valence-electron chi connectivity index (χ4n) is 3.88. The van der Waals surface area contributed by atoms with Gasteiger partial charge in [-0.15, -0.1) is 0 Å². The predicted octanol–water partition coefficient (Wildman–Crippen LogP) is 2.10. The smallest absolute Gasteiger partial charge is 0.243 e. The highest BCUT2D eigenvalue weighted by Gasteiger charge is 2.35. The molecule has 2 saturated heterocycles. The Balaban J connectivity index is 1.75. The van der Waals surface area contributed by atoms with Crippen LogP contribution in [0.5, 0.6) is 0 Å². The van der Waals surface area contributed by atoms with Crippen molar-refractivity contribution in [2.45, 2.75) is 73.9 Å². The largest absolute Gasteiger partial charge is 0.377 e. The summed E-state index contributed by atoms with van der Waals surface area (Å²) >= 11 is 0. The fourth-order valence-corrected chi connectivity index (χ4v) is 6.82. The number of nitrogens with one attached hydrogen (secondary N) is 1. The summed E-state index contributed by atoms with van der Waals surface area (Å²) in [6.45, 7) is 4.72. The van der Waals surface area contributed by atoms with Gasteiger partial charge in [-0.1, -0.05) is 6.42 Å². The predicted molar refractivity (Wildman–Crippen MR) is 102 cm³/mol. The first kappa shape index (κ1) is 20.7. The topological polar surface area (TPSA) is 92.8 Å². The number of ether oxygens (including phenoxy) is 1. The van der Waals surface area contributed by atoms with Gasteiger partial charge in [-0.3, -0.25) is 0 Å². The zero-order valence-corrected chi connectivity index (χ0v) is 17.4. The lowest BCUT2D eigenvalue weighted by Crippen LogP contribution is -2.47. The van der Waals surface area contributed by atoms with Crippen molar-refractivity contribution in [1.82, 2.24) is 9.03 Å². The average Bonchev–Trinajstić information content (AvgIpc) is 3.13. The lowest BCUT2D eigenvalue weighted by Gasteiger charge is -2.37. The van der Waals surface area contributed by atoms with Crippen LogP contribution < -0.4 is 4.72 Å². The second kappa shape index (κ2) is 8.16. The van der Waals surface area contributed by atoms with E-state index in [-0.39, 0.29) is 34.5 Å². The van der Waals surface area contributed by atoms with Gasteiger partial charge in [0.1, 0.15) is 0 Å². The van der Waals surface area contributed by atoms with Crippen molar-refractivity contribution in [3.8, 4) is 0 Å². The van der Waals surface area contributed by atoms with Crippen molar-refractivity contribution in [3.05, 3.63) is 24.3 Å². The van der Waals surface area contributed by atoms with Gasteiger partial charge in [0, 0.05) is 25.2 Å². The second-order valence-electron chi connectivity index (χ2n) is 7.42. The SMILES string of the molecule is C[C@@H]1CCC[C@H](C)N1S(=O)(=O)c1ccc(S(=O)(=O)NC[C@@H]2CCCO2)cc1. The number of hydrogen-bond donors (Lipinski definition) is 1. The second-order valence-corrected chi connectivity index (χ2v) is 11.0. The monoisotopic (exact) mass is 416 g/mol. The van der Waals surface area contributed by atoms with E-state index in [9.17, 15) is 16.8 Å². The van der Waals surface area contributed by atoms with Gasteiger partial charge in [-0.25, -0.2) is 21.6 Å². The molecule has 27 heavy (non-hydrogen) atoms. The number of nitrogens with zero attached hydrogens (tertiary/aromatic N) is 1. The normalized spacial score (nSPS) is 27.7. The molecule has 2 aliphatic heterocycles. The molecule has 2 fully saturated rings. The van der Waals surface area contributed by atoms with Crippen molar-refractivity contribution in [3.63, 3.8) is 0 Å². The average molecular weight is 417 g/mol. The maximum atomic E-state index is 13.0. The molecule has 0 saturated carbocycles. The Kier molecular flexibility index (Phi) is 6.27. The van der Waals surface area contributed by atoms with Gasteiger partial charge in [-0.2, -0.15) is 4.31 Å². The molecule has 0 amide bonds. The summed E-state index contributed by atoms with van der Waals surface area (Å²) in [6, 6.07) is 5.34. The molecule has 3 atom stereocenters. The van der Waals surface area contributed by atoms with Crippen LogP contribution in [0.4, 0.5) is 0 Å². The van der Waals surface area contributed by atoms with E-state index >= 15 is 0 Å². The molecule has 0 spiro atoms. The molecular formula is C18H28N2O5S2. The van der Waals surface area contributed by atoms with Gasteiger partial charge in [-0.05, 0) is 63.8 Å². The number of rotatable bonds is 6. The molecule has 3 rings (SSSR count). The molecule has 9 heteroatoms. The number of piperidine rings is 1. The summed E-state index contributed by atoms with van der Waals surface area (Å²) in [7, 11) is -7.34. The van der Waals surface area contributed by atoms with Gasteiger partial charge < -0.3 is 4.74 Å². The van der Waals surface area contributed by atoms with E-state index in [1.165, 1.54) is 24.3 Å². The molecule has 2 heterocycles. The van der Waals surface area contributed by atoms with Crippen LogP contribution in [0.25, 0.3) is 0 Å². The first-order chi connectivity index (χ1) is 12.7. The van der Waals surface area contributed by atoms with Gasteiger partial charge in [0.2, 0.25) is 20.0 Å². The maximum absolute atomic E-state index is 13.0. The first-order valence-corrected chi connectivity index (χ1v) is 12.4. The first-order valence-electron chi connectivity index (χ1n) is 9.47. The van der Waals surface area contributed by atoms with E-state index < -0.39 is 20.0 Å². The van der Waals surface area contributed by atoms with Crippen LogP contribution in [-0.2, 0) is 24.8 Å². The minimum atomic E-state index is -3.69. The van der Waals surface area contributed by atoms with E-state index in [4.69, 9.17) is 4.74 Å². The lowest BCUT2D eigenvalue weighted by atomic mass is 10.0. The number of hydrogen-bond acceptors (Lipinski definition) is 5. The fraction of sp³-hybridized carbons (Fsp3) is 0.667. The van der Waals surface area contributed by atoms with Crippen LogP contribution >= 0.6 is 0 Å². The van der Waals surface area contributed by atoms with E-state index in [1.807, 2.05) is 13.8 Å². The van der Waals surface area contributed by atoms with Crippen molar-refractivity contribution in [2.24, 2.45) is 0 Å². The zero-order chi connectivity index (χ0) is 19.7. The summed E-state index contributed by atoms with van der Waals surface area (Å²) in [6.07, 6.45) is 4.37. The van der Waals surface area contributed by atoms with Crippen LogP contribution in [0.15, 0.2) is 34.1 Å². The molecule has 0 aromatic heterocycles. The molecule has 1 aromatic carbocycles. The number of sulfonamides is 2. The molecule has 1 aromatic rings. The summed E-state index contributed by atoms with van der Waals surface area (Å²) in [5, 5.41) is 0. The maximum Gasteiger partial charge on any atom is 0.243 e. The molecule has 0 unspecified atom stereocenters. The van der Waals surface area contributed by atoms with Gasteiger partial charge in [0.05, 0.1) is 15.9 Å². The third-order valence-corrected chi connectivity index (χ3v) is 8.93. The van der Waals surface area contributed by atoms with Crippen LogP contribution in [0.2, 0.25) is 0 Å². The molecule has 2 aliphatic rings. The van der Waals surface area contributed by atoms with Crippen molar-refractivity contribution >= 4 is 20.0 Å². The standard InChI is InChI=1S/C18H28N2O5S2/c1-14-5-3-6-15(2)20(14)27(23,24)18-10-8-17(9-11-18)26(21,22)19-13-16-7-4-12-25-16/h8-11,14-16,19H,3-7,12-13H2,1-2H3/t14-,15+,16-/m0/s1. The van der Waals surface area contributed by atoms with Crippen LogP contribution in [0.3, 0.4) is 0 Å². The van der Waals surface area contributed by atoms with E-state index in [0.717, 1.165) is 32.1 Å². The lowest BCUT2D eigenvalue weighted by molar-refractivity contribution is 0.114. The van der Waals surface area contributed by atoms with Crippen molar-refractivity contribution < 1.29 is 21.6 Å². The molecule has 1 N–H and O–H groups in total. The van der Waals surface area contributed by atoms with Crippen molar-refractivity contribution in [1.29, 1.82) is 0 Å². The van der Waals surface area contributed by atoms with Gasteiger partial charge in [0.15, 0.2) is 0 Å². The Morgan fingerprint density at radius 1 is 0.963 bits per heavy atom. The third-order valence-electron chi connectivity index (χ3n) is 5.35. The Hall–Kier alpha value is -1.00. The minimum absolute atomic E-state index is 0.0548. The Morgan fingerprint density at radius 3 is 2.11 bits per heavy atom. The molecule has 0 aliphatic carbocycles. The zero-order valence-electron chi connectivity index (χ0n) is 15.8. The highest BCUT2D eigenvalue weighted by Crippen LogP contribution is 2.29. The molecule has 7 nitrogen and oxygen atoms in total. The van der Waals surface area contributed by atoms with Crippen LogP contribution in [-0.4, -0.2) is 52.5 Å². The summed E-state index contributed by atoms with van der Waals surface area (Å²) in [5.74, 6) is 0. The van der Waals surface area contributed by atoms with Gasteiger partial charge in [0.25, 0.3) is 0 Å². The summed E-state index contributed by atoms with van der Waals surface area (Å²) in [4.78, 5) is 0.181.